The van der Waals surface area contributed by atoms with E-state index in [2.05, 4.69) is 4.98 Å². The quantitative estimate of drug-likeness (QED) is 0.767. The van der Waals surface area contributed by atoms with Crippen LogP contribution in [0.4, 0.5) is 0 Å². The third-order valence-corrected chi connectivity index (χ3v) is 4.71. The normalized spacial score (nSPS) is 14.2. The van der Waals surface area contributed by atoms with Gasteiger partial charge < -0.3 is 0 Å². The molecular formula is C15H19ClN2O2S. The maximum absolute atomic E-state index is 12.6. The van der Waals surface area contributed by atoms with E-state index >= 15 is 0 Å². The number of aromatic nitrogens is 2. The molecule has 6 heteroatoms. The smallest absolute Gasteiger partial charge is 0.261 e. The van der Waals surface area contributed by atoms with Crippen molar-refractivity contribution in [3.05, 3.63) is 40.4 Å². The van der Waals surface area contributed by atoms with Crippen LogP contribution in [0.2, 0.25) is 0 Å². The Hall–Kier alpha value is -1.20. The van der Waals surface area contributed by atoms with Crippen molar-refractivity contribution in [1.82, 2.24) is 9.55 Å². The molecule has 1 heterocycles. The first-order chi connectivity index (χ1) is 10.0. The Morgan fingerprint density at radius 3 is 2.76 bits per heavy atom. The molecule has 1 aromatic heterocycles. The highest BCUT2D eigenvalue weighted by Crippen LogP contribution is 2.22. The van der Waals surface area contributed by atoms with E-state index in [9.17, 15) is 9.00 Å². The minimum Gasteiger partial charge on any atom is -0.295 e. The minimum atomic E-state index is -0.861. The Morgan fingerprint density at radius 2 is 2.10 bits per heavy atom. The van der Waals surface area contributed by atoms with Gasteiger partial charge in [0.25, 0.3) is 5.56 Å². The highest BCUT2D eigenvalue weighted by atomic mass is 35.5. The summed E-state index contributed by atoms with van der Waals surface area (Å²) in [7, 11) is -0.861. The van der Waals surface area contributed by atoms with Crippen molar-refractivity contribution in [1.29, 1.82) is 0 Å². The lowest BCUT2D eigenvalue weighted by Gasteiger charge is -2.16. The third kappa shape index (κ3) is 3.71. The van der Waals surface area contributed by atoms with Crippen molar-refractivity contribution in [2.45, 2.75) is 31.7 Å². The highest BCUT2D eigenvalue weighted by Gasteiger charge is 2.16. The summed E-state index contributed by atoms with van der Waals surface area (Å²) in [5.74, 6) is 1.17. The third-order valence-electron chi connectivity index (χ3n) is 3.34. The van der Waals surface area contributed by atoms with E-state index < -0.39 is 10.8 Å². The van der Waals surface area contributed by atoms with E-state index in [1.54, 1.807) is 16.9 Å². The number of halogens is 1. The monoisotopic (exact) mass is 326 g/mol. The first kappa shape index (κ1) is 16.2. The summed E-state index contributed by atoms with van der Waals surface area (Å²) in [5.41, 5.74) is 0.600. The van der Waals surface area contributed by atoms with Crippen LogP contribution in [0, 0.1) is 0 Å². The van der Waals surface area contributed by atoms with E-state index in [4.69, 9.17) is 11.6 Å². The lowest BCUT2D eigenvalue weighted by atomic mass is 10.2. The van der Waals surface area contributed by atoms with Crippen molar-refractivity contribution in [2.24, 2.45) is 0 Å². The molecule has 2 unspecified atom stereocenters. The summed E-state index contributed by atoms with van der Waals surface area (Å²) in [4.78, 5) is 17.2. The molecule has 2 rings (SSSR count). The van der Waals surface area contributed by atoms with Gasteiger partial charge in [0.1, 0.15) is 5.82 Å². The summed E-state index contributed by atoms with van der Waals surface area (Å²) < 4.78 is 12.8. The zero-order valence-electron chi connectivity index (χ0n) is 12.2. The average molecular weight is 327 g/mol. The lowest BCUT2D eigenvalue weighted by Crippen LogP contribution is -2.26. The van der Waals surface area contributed by atoms with Crippen molar-refractivity contribution in [3.63, 3.8) is 0 Å². The fraction of sp³-hybridized carbons (Fsp3) is 0.467. The maximum Gasteiger partial charge on any atom is 0.261 e. The van der Waals surface area contributed by atoms with Gasteiger partial charge in [0.05, 0.1) is 16.3 Å². The highest BCUT2D eigenvalue weighted by molar-refractivity contribution is 7.84. The van der Waals surface area contributed by atoms with Gasteiger partial charge >= 0.3 is 0 Å². The standard InChI is InChI=1S/C15H19ClN2O2S/c1-3-12(16)14-17-13-8-5-4-7-11(13)15(19)18(14)9-6-10-21(2)20/h4-5,7-8,12H,3,6,9-10H2,1-2H3. The van der Waals surface area contributed by atoms with Gasteiger partial charge in [-0.1, -0.05) is 19.1 Å². The van der Waals surface area contributed by atoms with E-state index in [0.29, 0.717) is 41.9 Å². The second-order valence-corrected chi connectivity index (χ2v) is 7.03. The largest absolute Gasteiger partial charge is 0.295 e. The Morgan fingerprint density at radius 1 is 1.38 bits per heavy atom. The van der Waals surface area contributed by atoms with Crippen LogP contribution in [0.15, 0.2) is 29.1 Å². The van der Waals surface area contributed by atoms with Gasteiger partial charge in [-0.3, -0.25) is 13.6 Å². The number of hydrogen-bond acceptors (Lipinski definition) is 3. The van der Waals surface area contributed by atoms with Crippen LogP contribution in [0.3, 0.4) is 0 Å². The summed E-state index contributed by atoms with van der Waals surface area (Å²) in [6.07, 6.45) is 3.04. The van der Waals surface area contributed by atoms with Crippen LogP contribution >= 0.6 is 11.6 Å². The Kier molecular flexibility index (Phi) is 5.53. The van der Waals surface area contributed by atoms with Crippen LogP contribution < -0.4 is 5.56 Å². The van der Waals surface area contributed by atoms with Gasteiger partial charge in [-0.15, -0.1) is 11.6 Å². The van der Waals surface area contributed by atoms with Crippen LogP contribution in [0.1, 0.15) is 31.0 Å². The zero-order valence-corrected chi connectivity index (χ0v) is 13.8. The first-order valence-electron chi connectivity index (χ1n) is 6.98. The molecule has 0 fully saturated rings. The lowest BCUT2D eigenvalue weighted by molar-refractivity contribution is 0.591. The number of alkyl halides is 1. The average Bonchev–Trinajstić information content (AvgIpc) is 2.48. The number of rotatable bonds is 6. The molecule has 4 nitrogen and oxygen atoms in total. The van der Waals surface area contributed by atoms with Crippen LogP contribution in [0.25, 0.3) is 10.9 Å². The molecular weight excluding hydrogens is 308 g/mol. The molecule has 0 N–H and O–H groups in total. The predicted molar refractivity (Wildman–Crippen MR) is 88.4 cm³/mol. The maximum atomic E-state index is 12.6. The predicted octanol–water partition coefficient (Wildman–Crippen LogP) is 2.86. The Labute approximate surface area is 131 Å². The Bertz CT molecular complexity index is 714. The van der Waals surface area contributed by atoms with Gasteiger partial charge in [-0.05, 0) is 25.0 Å². The molecule has 0 amide bonds. The molecule has 0 aliphatic rings. The van der Waals surface area contributed by atoms with Gasteiger partial charge in [-0.25, -0.2) is 4.98 Å². The number of nitrogens with zero attached hydrogens (tertiary/aromatic N) is 2. The molecule has 0 bridgehead atoms. The van der Waals surface area contributed by atoms with Crippen molar-refractivity contribution >= 4 is 33.3 Å². The SMILES string of the molecule is CCC(Cl)c1nc2ccccc2c(=O)n1CCCS(C)=O. The van der Waals surface area contributed by atoms with Gasteiger partial charge in [-0.2, -0.15) is 0 Å². The van der Waals surface area contributed by atoms with Crippen molar-refractivity contribution in [3.8, 4) is 0 Å². The number of benzene rings is 1. The summed E-state index contributed by atoms with van der Waals surface area (Å²) in [5, 5.41) is 0.299. The van der Waals surface area contributed by atoms with E-state index in [1.807, 2.05) is 25.1 Å². The number of para-hydroxylation sites is 1. The number of fused-ring (bicyclic) bond motifs is 1. The summed E-state index contributed by atoms with van der Waals surface area (Å²) >= 11 is 6.33. The molecule has 0 saturated heterocycles. The molecule has 2 atom stereocenters. The van der Waals surface area contributed by atoms with Crippen LogP contribution in [0.5, 0.6) is 0 Å². The number of hydrogen-bond donors (Lipinski definition) is 0. The van der Waals surface area contributed by atoms with Crippen molar-refractivity contribution in [2.75, 3.05) is 12.0 Å². The molecule has 2 aromatic rings. The van der Waals surface area contributed by atoms with Crippen LogP contribution in [-0.2, 0) is 17.3 Å². The molecule has 0 radical (unpaired) electrons. The topological polar surface area (TPSA) is 52.0 Å². The second-order valence-electron chi connectivity index (χ2n) is 4.95. The zero-order chi connectivity index (χ0) is 15.4. The molecule has 0 aliphatic heterocycles. The second kappa shape index (κ2) is 7.18. The molecule has 21 heavy (non-hydrogen) atoms. The van der Waals surface area contributed by atoms with Gasteiger partial charge in [0.2, 0.25) is 0 Å². The minimum absolute atomic E-state index is 0.0726. The first-order valence-corrected chi connectivity index (χ1v) is 9.14. The molecule has 1 aromatic carbocycles. The fourth-order valence-corrected chi connectivity index (χ4v) is 2.95. The fourth-order valence-electron chi connectivity index (χ4n) is 2.25. The van der Waals surface area contributed by atoms with E-state index in [1.165, 1.54) is 0 Å². The molecule has 0 aliphatic carbocycles. The molecule has 0 spiro atoms. The summed E-state index contributed by atoms with van der Waals surface area (Å²) in [6, 6.07) is 7.29. The van der Waals surface area contributed by atoms with Crippen molar-refractivity contribution < 1.29 is 4.21 Å². The molecule has 0 saturated carbocycles. The van der Waals surface area contributed by atoms with Gasteiger partial charge in [0.15, 0.2) is 0 Å². The Balaban J connectivity index is 2.50. The van der Waals surface area contributed by atoms with E-state index in [-0.39, 0.29) is 10.9 Å². The van der Waals surface area contributed by atoms with E-state index in [0.717, 1.165) is 0 Å². The molecule has 114 valence electrons. The van der Waals surface area contributed by atoms with Gasteiger partial charge in [0, 0.05) is 29.4 Å². The van der Waals surface area contributed by atoms with Crippen LogP contribution in [-0.4, -0.2) is 25.8 Å². The summed E-state index contributed by atoms with van der Waals surface area (Å²) in [6.45, 7) is 2.46.